The number of rotatable bonds is 6. The van der Waals surface area contributed by atoms with E-state index < -0.39 is 0 Å². The van der Waals surface area contributed by atoms with Gasteiger partial charge < -0.3 is 20.7 Å². The van der Waals surface area contributed by atoms with Crippen molar-refractivity contribution >= 4 is 17.5 Å². The van der Waals surface area contributed by atoms with E-state index in [2.05, 4.69) is 16.0 Å². The standard InChI is InChI=1S/C15H21N3O3/c1-11(19)18-13-3-2-4-14(9-13)21-8-7-17-15(20)12-5-6-16-10-12/h2-4,9,12,16H,5-8,10H2,1H3,(H,17,20)(H,18,19). The quantitative estimate of drug-likeness (QED) is 0.676. The van der Waals surface area contributed by atoms with Crippen LogP contribution in [0.2, 0.25) is 0 Å². The van der Waals surface area contributed by atoms with Crippen LogP contribution in [0.5, 0.6) is 5.75 Å². The number of hydrogen-bond acceptors (Lipinski definition) is 4. The summed E-state index contributed by atoms with van der Waals surface area (Å²) in [4.78, 5) is 22.8. The van der Waals surface area contributed by atoms with Gasteiger partial charge in [0, 0.05) is 25.2 Å². The summed E-state index contributed by atoms with van der Waals surface area (Å²) in [5.41, 5.74) is 0.695. The smallest absolute Gasteiger partial charge is 0.224 e. The third kappa shape index (κ3) is 5.07. The predicted octanol–water partition coefficient (Wildman–Crippen LogP) is 0.749. The molecule has 0 bridgehead atoms. The van der Waals surface area contributed by atoms with Crippen molar-refractivity contribution in [3.05, 3.63) is 24.3 Å². The van der Waals surface area contributed by atoms with E-state index in [1.165, 1.54) is 6.92 Å². The Hall–Kier alpha value is -2.08. The van der Waals surface area contributed by atoms with E-state index in [4.69, 9.17) is 4.74 Å². The highest BCUT2D eigenvalue weighted by Gasteiger charge is 2.21. The summed E-state index contributed by atoms with van der Waals surface area (Å²) in [5.74, 6) is 0.700. The lowest BCUT2D eigenvalue weighted by Gasteiger charge is -2.11. The van der Waals surface area contributed by atoms with E-state index in [1.807, 2.05) is 12.1 Å². The molecule has 1 aromatic rings. The molecule has 6 heteroatoms. The number of anilines is 1. The zero-order valence-electron chi connectivity index (χ0n) is 12.1. The maximum absolute atomic E-state index is 11.8. The molecule has 1 aliphatic rings. The van der Waals surface area contributed by atoms with E-state index in [9.17, 15) is 9.59 Å². The number of amides is 2. The molecule has 6 nitrogen and oxygen atoms in total. The van der Waals surface area contributed by atoms with Crippen molar-refractivity contribution in [2.75, 3.05) is 31.6 Å². The van der Waals surface area contributed by atoms with Gasteiger partial charge in [-0.2, -0.15) is 0 Å². The van der Waals surface area contributed by atoms with Crippen molar-refractivity contribution in [2.24, 2.45) is 5.92 Å². The molecule has 1 heterocycles. The summed E-state index contributed by atoms with van der Waals surface area (Å²) in [6, 6.07) is 7.17. The molecule has 0 spiro atoms. The Morgan fingerprint density at radius 2 is 2.29 bits per heavy atom. The molecule has 0 aliphatic carbocycles. The van der Waals surface area contributed by atoms with E-state index in [0.717, 1.165) is 19.5 Å². The predicted molar refractivity (Wildman–Crippen MR) is 80.2 cm³/mol. The minimum atomic E-state index is -0.121. The second-order valence-electron chi connectivity index (χ2n) is 5.04. The second-order valence-corrected chi connectivity index (χ2v) is 5.04. The highest BCUT2D eigenvalue weighted by atomic mass is 16.5. The maximum atomic E-state index is 11.8. The Morgan fingerprint density at radius 3 is 3.00 bits per heavy atom. The summed E-state index contributed by atoms with van der Waals surface area (Å²) >= 11 is 0. The van der Waals surface area contributed by atoms with Gasteiger partial charge in [0.1, 0.15) is 12.4 Å². The molecular formula is C15H21N3O3. The number of carbonyl (C=O) groups is 2. The van der Waals surface area contributed by atoms with Crippen LogP contribution >= 0.6 is 0 Å². The van der Waals surface area contributed by atoms with Gasteiger partial charge in [-0.1, -0.05) is 6.07 Å². The van der Waals surface area contributed by atoms with Gasteiger partial charge in [-0.05, 0) is 25.1 Å². The van der Waals surface area contributed by atoms with Crippen molar-refractivity contribution in [3.63, 3.8) is 0 Å². The third-order valence-electron chi connectivity index (χ3n) is 3.26. The maximum Gasteiger partial charge on any atom is 0.224 e. The fraction of sp³-hybridized carbons (Fsp3) is 0.467. The number of benzene rings is 1. The number of nitrogens with one attached hydrogen (secondary N) is 3. The van der Waals surface area contributed by atoms with Crippen LogP contribution in [0.3, 0.4) is 0 Å². The molecule has 1 unspecified atom stereocenters. The van der Waals surface area contributed by atoms with Crippen molar-refractivity contribution in [1.82, 2.24) is 10.6 Å². The number of hydrogen-bond donors (Lipinski definition) is 3. The fourth-order valence-corrected chi connectivity index (χ4v) is 2.23. The normalized spacial score (nSPS) is 17.3. The molecule has 114 valence electrons. The van der Waals surface area contributed by atoms with E-state index in [1.54, 1.807) is 12.1 Å². The Balaban J connectivity index is 1.70. The summed E-state index contributed by atoms with van der Waals surface area (Å²) in [7, 11) is 0. The van der Waals surface area contributed by atoms with Crippen molar-refractivity contribution < 1.29 is 14.3 Å². The Morgan fingerprint density at radius 1 is 1.43 bits per heavy atom. The zero-order valence-corrected chi connectivity index (χ0v) is 12.1. The Kier molecular flexibility index (Phi) is 5.57. The minimum Gasteiger partial charge on any atom is -0.492 e. The van der Waals surface area contributed by atoms with Crippen LogP contribution in [-0.4, -0.2) is 38.1 Å². The van der Waals surface area contributed by atoms with Crippen LogP contribution in [0.15, 0.2) is 24.3 Å². The summed E-state index contributed by atoms with van der Waals surface area (Å²) < 4.78 is 5.56. The third-order valence-corrected chi connectivity index (χ3v) is 3.26. The SMILES string of the molecule is CC(=O)Nc1cccc(OCCNC(=O)C2CCNC2)c1. The summed E-state index contributed by atoms with van der Waals surface area (Å²) in [6.07, 6.45) is 0.894. The monoisotopic (exact) mass is 291 g/mol. The van der Waals surface area contributed by atoms with Gasteiger partial charge in [-0.3, -0.25) is 9.59 Å². The second kappa shape index (κ2) is 7.64. The molecule has 1 aromatic carbocycles. The first-order chi connectivity index (χ1) is 10.1. The molecule has 2 amide bonds. The Bertz CT molecular complexity index is 499. The Labute approximate surface area is 124 Å². The van der Waals surface area contributed by atoms with Crippen LogP contribution in [0.4, 0.5) is 5.69 Å². The molecule has 0 saturated carbocycles. The first-order valence-electron chi connectivity index (χ1n) is 7.14. The van der Waals surface area contributed by atoms with Gasteiger partial charge in [0.2, 0.25) is 11.8 Å². The van der Waals surface area contributed by atoms with E-state index in [0.29, 0.717) is 24.6 Å². The van der Waals surface area contributed by atoms with Crippen LogP contribution in [0.1, 0.15) is 13.3 Å². The largest absolute Gasteiger partial charge is 0.492 e. The van der Waals surface area contributed by atoms with Gasteiger partial charge in [0.25, 0.3) is 0 Å². The molecule has 21 heavy (non-hydrogen) atoms. The van der Waals surface area contributed by atoms with Crippen molar-refractivity contribution in [2.45, 2.75) is 13.3 Å². The number of carbonyl (C=O) groups excluding carboxylic acids is 2. The van der Waals surface area contributed by atoms with Crippen LogP contribution < -0.4 is 20.7 Å². The average molecular weight is 291 g/mol. The van der Waals surface area contributed by atoms with Crippen molar-refractivity contribution in [1.29, 1.82) is 0 Å². The molecule has 0 radical (unpaired) electrons. The number of ether oxygens (including phenoxy) is 1. The molecule has 3 N–H and O–H groups in total. The van der Waals surface area contributed by atoms with Gasteiger partial charge in [0.05, 0.1) is 12.5 Å². The highest BCUT2D eigenvalue weighted by Crippen LogP contribution is 2.17. The molecule has 1 atom stereocenters. The van der Waals surface area contributed by atoms with Gasteiger partial charge >= 0.3 is 0 Å². The van der Waals surface area contributed by atoms with Gasteiger partial charge in [-0.25, -0.2) is 0 Å². The molecule has 2 rings (SSSR count). The lowest BCUT2D eigenvalue weighted by molar-refractivity contribution is -0.124. The highest BCUT2D eigenvalue weighted by molar-refractivity contribution is 5.88. The fourth-order valence-electron chi connectivity index (χ4n) is 2.23. The van der Waals surface area contributed by atoms with Gasteiger partial charge in [0.15, 0.2) is 0 Å². The molecule has 1 aliphatic heterocycles. The van der Waals surface area contributed by atoms with Gasteiger partial charge in [-0.15, -0.1) is 0 Å². The summed E-state index contributed by atoms with van der Waals surface area (Å²) in [5, 5.41) is 8.73. The molecule has 1 fully saturated rings. The van der Waals surface area contributed by atoms with E-state index in [-0.39, 0.29) is 17.7 Å². The van der Waals surface area contributed by atoms with Crippen LogP contribution in [0, 0.1) is 5.92 Å². The average Bonchev–Trinajstić information content (AvgIpc) is 2.97. The molecular weight excluding hydrogens is 270 g/mol. The summed E-state index contributed by atoms with van der Waals surface area (Å²) in [6.45, 7) is 3.99. The minimum absolute atomic E-state index is 0.0769. The van der Waals surface area contributed by atoms with Crippen molar-refractivity contribution in [3.8, 4) is 5.75 Å². The molecule has 0 aromatic heterocycles. The van der Waals surface area contributed by atoms with Crippen LogP contribution in [-0.2, 0) is 9.59 Å². The topological polar surface area (TPSA) is 79.5 Å². The van der Waals surface area contributed by atoms with Crippen LogP contribution in [0.25, 0.3) is 0 Å². The first kappa shape index (κ1) is 15.3. The lowest BCUT2D eigenvalue weighted by atomic mass is 10.1. The molecule has 1 saturated heterocycles. The zero-order chi connectivity index (χ0) is 15.1. The van der Waals surface area contributed by atoms with E-state index >= 15 is 0 Å². The first-order valence-corrected chi connectivity index (χ1v) is 7.14. The lowest BCUT2D eigenvalue weighted by Crippen LogP contribution is -2.34.